The highest BCUT2D eigenvalue weighted by Gasteiger charge is 2.54. The van der Waals surface area contributed by atoms with Crippen molar-refractivity contribution in [2.24, 2.45) is 22.7 Å². The van der Waals surface area contributed by atoms with Crippen LogP contribution in [0.1, 0.15) is 67.3 Å². The van der Waals surface area contributed by atoms with Crippen LogP contribution in [0.5, 0.6) is 0 Å². The number of benzene rings is 2. The van der Waals surface area contributed by atoms with Crippen LogP contribution >= 0.6 is 23.2 Å². The van der Waals surface area contributed by atoms with Crippen LogP contribution in [-0.2, 0) is 17.9 Å². The highest BCUT2D eigenvalue weighted by Crippen LogP contribution is 2.49. The fraction of sp³-hybridized carbons (Fsp3) is 0.429. The molecule has 0 saturated heterocycles. The summed E-state index contributed by atoms with van der Waals surface area (Å²) in [5.74, 6) is 0.992. The summed E-state index contributed by atoms with van der Waals surface area (Å²) in [6.45, 7) is 7.19. The van der Waals surface area contributed by atoms with Gasteiger partial charge in [0, 0.05) is 33.6 Å². The van der Waals surface area contributed by atoms with Crippen molar-refractivity contribution in [2.75, 3.05) is 0 Å². The number of nitrogens with one attached hydrogen (secondary N) is 2. The molecule has 2 aromatic carbocycles. The molecule has 5 rings (SSSR count). The van der Waals surface area contributed by atoms with E-state index >= 15 is 0 Å². The molecule has 2 heterocycles. The lowest BCUT2D eigenvalue weighted by Gasteiger charge is -2.49. The van der Waals surface area contributed by atoms with Crippen LogP contribution in [0.4, 0.5) is 0 Å². The van der Waals surface area contributed by atoms with Crippen LogP contribution in [0.25, 0.3) is 0 Å². The standard InChI is InChI=1S/C28H31Cl2N7O2/c1-16(2)23-9-4-17(3)13-28(23)32-25(20-10-21(29)12-22(30)11-20)27(39)37(28)15-18-5-7-19(8-6-18)26(38)31-14-24-33-35-36-34-24/h5-8,10-12,16-17,23H,4,9,13-15H2,1-3H3,(H,31,38)(H,33,34,35,36)/t17-,23+,28-/m0/s1. The smallest absolute Gasteiger partial charge is 0.274 e. The van der Waals surface area contributed by atoms with Gasteiger partial charge in [-0.1, -0.05) is 67.7 Å². The lowest BCUT2D eigenvalue weighted by Crippen LogP contribution is -2.55. The van der Waals surface area contributed by atoms with Crippen molar-refractivity contribution in [3.8, 4) is 0 Å². The predicted molar refractivity (Wildman–Crippen MR) is 149 cm³/mol. The Balaban J connectivity index is 1.44. The van der Waals surface area contributed by atoms with E-state index in [1.165, 1.54) is 0 Å². The Morgan fingerprint density at radius 1 is 1.15 bits per heavy atom. The van der Waals surface area contributed by atoms with Crippen molar-refractivity contribution in [3.63, 3.8) is 0 Å². The highest BCUT2D eigenvalue weighted by atomic mass is 35.5. The molecule has 1 spiro atoms. The molecule has 204 valence electrons. The van der Waals surface area contributed by atoms with Gasteiger partial charge in [0.05, 0.1) is 6.54 Å². The largest absolute Gasteiger partial charge is 0.345 e. The van der Waals surface area contributed by atoms with Crippen molar-refractivity contribution in [3.05, 3.63) is 75.0 Å². The van der Waals surface area contributed by atoms with Gasteiger partial charge in [-0.05, 0) is 60.6 Å². The van der Waals surface area contributed by atoms with Gasteiger partial charge in [-0.3, -0.25) is 14.6 Å². The number of aromatic amines is 1. The van der Waals surface area contributed by atoms with Crippen molar-refractivity contribution in [2.45, 2.75) is 58.8 Å². The predicted octanol–water partition coefficient (Wildman–Crippen LogP) is 5.06. The van der Waals surface area contributed by atoms with Gasteiger partial charge < -0.3 is 10.2 Å². The van der Waals surface area contributed by atoms with Crippen LogP contribution in [0.15, 0.2) is 47.5 Å². The molecule has 0 bridgehead atoms. The van der Waals surface area contributed by atoms with Gasteiger partial charge in [0.15, 0.2) is 5.82 Å². The molecule has 1 aromatic heterocycles. The second kappa shape index (κ2) is 11.1. The van der Waals surface area contributed by atoms with Crippen molar-refractivity contribution >= 4 is 40.7 Å². The molecular weight excluding hydrogens is 537 g/mol. The Morgan fingerprint density at radius 2 is 1.87 bits per heavy atom. The molecule has 3 aromatic rings. The first-order valence-electron chi connectivity index (χ1n) is 13.1. The van der Waals surface area contributed by atoms with E-state index in [0.717, 1.165) is 24.8 Å². The van der Waals surface area contributed by atoms with E-state index in [2.05, 4.69) is 46.7 Å². The van der Waals surface area contributed by atoms with E-state index in [0.29, 0.717) is 51.1 Å². The average molecular weight is 569 g/mol. The SMILES string of the molecule is CC(C)[C@H]1CC[C@H](C)C[C@@]12N=C(c1cc(Cl)cc(Cl)c1)C(=O)N2Cc1ccc(C(=O)NCc2nn[nH]n2)cc1. The molecule has 11 heteroatoms. The van der Waals surface area contributed by atoms with Gasteiger partial charge in [-0.2, -0.15) is 5.21 Å². The number of hydrogen-bond donors (Lipinski definition) is 2. The first-order chi connectivity index (χ1) is 18.7. The zero-order valence-corrected chi connectivity index (χ0v) is 23.6. The third kappa shape index (κ3) is 5.56. The fourth-order valence-electron chi connectivity index (χ4n) is 5.92. The van der Waals surface area contributed by atoms with Crippen molar-refractivity contribution < 1.29 is 9.59 Å². The monoisotopic (exact) mass is 567 g/mol. The molecule has 0 unspecified atom stereocenters. The molecule has 1 fully saturated rings. The summed E-state index contributed by atoms with van der Waals surface area (Å²) in [5.41, 5.74) is 1.79. The Morgan fingerprint density at radius 3 is 2.51 bits per heavy atom. The molecular formula is C28H31Cl2N7O2. The second-order valence-electron chi connectivity index (χ2n) is 10.8. The fourth-order valence-corrected chi connectivity index (χ4v) is 6.45. The number of aliphatic imine (C=N–C) groups is 1. The Labute approximate surface area is 237 Å². The molecule has 3 atom stereocenters. The topological polar surface area (TPSA) is 116 Å². The number of amides is 2. The Bertz CT molecular complexity index is 1370. The van der Waals surface area contributed by atoms with Gasteiger partial charge in [-0.15, -0.1) is 10.2 Å². The average Bonchev–Trinajstić information content (AvgIpc) is 3.50. The van der Waals surface area contributed by atoms with Crippen LogP contribution in [0.2, 0.25) is 10.0 Å². The van der Waals surface area contributed by atoms with Crippen LogP contribution < -0.4 is 5.32 Å². The summed E-state index contributed by atoms with van der Waals surface area (Å²) >= 11 is 12.6. The summed E-state index contributed by atoms with van der Waals surface area (Å²) in [6, 6.07) is 12.4. The van der Waals surface area contributed by atoms with Gasteiger partial charge >= 0.3 is 0 Å². The second-order valence-corrected chi connectivity index (χ2v) is 11.7. The third-order valence-electron chi connectivity index (χ3n) is 7.73. The summed E-state index contributed by atoms with van der Waals surface area (Å²) in [6.07, 6.45) is 2.89. The maximum Gasteiger partial charge on any atom is 0.274 e. The summed E-state index contributed by atoms with van der Waals surface area (Å²) in [4.78, 5) is 33.8. The van der Waals surface area contributed by atoms with Gasteiger partial charge in [0.2, 0.25) is 0 Å². The minimum Gasteiger partial charge on any atom is -0.345 e. The number of halogens is 2. The number of hydrogen-bond acceptors (Lipinski definition) is 6. The van der Waals surface area contributed by atoms with Crippen molar-refractivity contribution in [1.82, 2.24) is 30.8 Å². The molecule has 2 N–H and O–H groups in total. The Kier molecular flexibility index (Phi) is 7.73. The molecule has 9 nitrogen and oxygen atoms in total. The van der Waals surface area contributed by atoms with Crippen molar-refractivity contribution in [1.29, 1.82) is 0 Å². The van der Waals surface area contributed by atoms with E-state index in [4.69, 9.17) is 28.2 Å². The summed E-state index contributed by atoms with van der Waals surface area (Å²) in [5, 5.41) is 17.2. The minimum atomic E-state index is -0.659. The van der Waals surface area contributed by atoms with E-state index in [1.807, 2.05) is 17.0 Å². The number of tetrazole rings is 1. The van der Waals surface area contributed by atoms with Crippen LogP contribution in [-0.4, -0.2) is 48.7 Å². The van der Waals surface area contributed by atoms with E-state index in [1.54, 1.807) is 30.3 Å². The maximum atomic E-state index is 14.1. The quantitative estimate of drug-likeness (QED) is 0.414. The van der Waals surface area contributed by atoms with Gasteiger partial charge in [-0.25, -0.2) is 0 Å². The highest BCUT2D eigenvalue weighted by molar-refractivity contribution is 6.47. The van der Waals surface area contributed by atoms with E-state index < -0.39 is 5.66 Å². The number of aromatic nitrogens is 4. The zero-order chi connectivity index (χ0) is 27.7. The maximum absolute atomic E-state index is 14.1. The molecule has 1 aliphatic carbocycles. The molecule has 39 heavy (non-hydrogen) atoms. The zero-order valence-electron chi connectivity index (χ0n) is 22.1. The molecule has 2 amide bonds. The normalized spacial score (nSPS) is 23.0. The minimum absolute atomic E-state index is 0.130. The lowest BCUT2D eigenvalue weighted by molar-refractivity contribution is -0.134. The van der Waals surface area contributed by atoms with Gasteiger partial charge in [0.25, 0.3) is 11.8 Å². The summed E-state index contributed by atoms with van der Waals surface area (Å²) in [7, 11) is 0. The molecule has 1 saturated carbocycles. The number of nitrogens with zero attached hydrogens (tertiary/aromatic N) is 5. The van der Waals surface area contributed by atoms with Crippen LogP contribution in [0, 0.1) is 17.8 Å². The first-order valence-corrected chi connectivity index (χ1v) is 13.9. The first kappa shape index (κ1) is 27.3. The molecule has 0 radical (unpaired) electrons. The number of carbonyl (C=O) groups excluding carboxylic acids is 2. The number of carbonyl (C=O) groups is 2. The lowest BCUT2D eigenvalue weighted by atomic mass is 9.69. The number of H-pyrrole nitrogens is 1. The Hall–Kier alpha value is -3.30. The molecule has 2 aliphatic rings. The van der Waals surface area contributed by atoms with E-state index in [-0.39, 0.29) is 24.3 Å². The molecule has 1 aliphatic heterocycles. The summed E-state index contributed by atoms with van der Waals surface area (Å²) < 4.78 is 0. The number of rotatable bonds is 7. The van der Waals surface area contributed by atoms with E-state index in [9.17, 15) is 9.59 Å². The van der Waals surface area contributed by atoms with Crippen LogP contribution in [0.3, 0.4) is 0 Å². The third-order valence-corrected chi connectivity index (χ3v) is 8.16. The van der Waals surface area contributed by atoms with Gasteiger partial charge in [0.1, 0.15) is 11.4 Å².